The molecule has 1 aromatic carbocycles. The van der Waals surface area contributed by atoms with Crippen LogP contribution >= 0.6 is 0 Å². The van der Waals surface area contributed by atoms with Crippen LogP contribution < -0.4 is 9.64 Å². The number of nitriles is 1. The molecule has 0 aliphatic carbocycles. The van der Waals surface area contributed by atoms with Gasteiger partial charge in [0.2, 0.25) is 0 Å². The van der Waals surface area contributed by atoms with Gasteiger partial charge in [-0.15, -0.1) is 0 Å². The highest BCUT2D eigenvalue weighted by Crippen LogP contribution is 2.37. The van der Waals surface area contributed by atoms with Crippen molar-refractivity contribution in [3.8, 4) is 11.8 Å². The van der Waals surface area contributed by atoms with Gasteiger partial charge in [-0.05, 0) is 25.0 Å². The molecule has 0 fully saturated rings. The van der Waals surface area contributed by atoms with Crippen LogP contribution in [0.3, 0.4) is 0 Å². The van der Waals surface area contributed by atoms with Gasteiger partial charge in [-0.25, -0.2) is 0 Å². The smallest absolute Gasteiger partial charge is 0.142 e. The molecular weight excluding hydrogens is 200 g/mol. The van der Waals surface area contributed by atoms with Gasteiger partial charge in [0, 0.05) is 13.1 Å². The number of anilines is 1. The summed E-state index contributed by atoms with van der Waals surface area (Å²) >= 11 is 0. The maximum absolute atomic E-state index is 8.64. The molecule has 0 N–H and O–H groups in total. The molecule has 3 nitrogen and oxygen atoms in total. The van der Waals surface area contributed by atoms with E-state index in [0.29, 0.717) is 13.0 Å². The lowest BCUT2D eigenvalue weighted by molar-refractivity contribution is 0.341. The third-order valence-corrected chi connectivity index (χ3v) is 2.84. The van der Waals surface area contributed by atoms with Gasteiger partial charge >= 0.3 is 0 Å². The molecule has 0 unspecified atom stereocenters. The second-order valence-corrected chi connectivity index (χ2v) is 3.84. The maximum Gasteiger partial charge on any atom is 0.142 e. The number of hydrogen-bond donors (Lipinski definition) is 0. The zero-order chi connectivity index (χ0) is 11.4. The molecule has 84 valence electrons. The van der Waals surface area contributed by atoms with Crippen LogP contribution in [0, 0.1) is 11.3 Å². The van der Waals surface area contributed by atoms with Crippen LogP contribution in [0.15, 0.2) is 18.2 Å². The molecule has 0 atom stereocenters. The molecule has 0 saturated carbocycles. The van der Waals surface area contributed by atoms with Crippen molar-refractivity contribution in [1.82, 2.24) is 0 Å². The summed E-state index contributed by atoms with van der Waals surface area (Å²) in [5.74, 6) is 0.954. The topological polar surface area (TPSA) is 36.3 Å². The van der Waals surface area contributed by atoms with Gasteiger partial charge in [-0.1, -0.05) is 12.1 Å². The summed E-state index contributed by atoms with van der Waals surface area (Å²) in [6.45, 7) is 4.48. The summed E-state index contributed by atoms with van der Waals surface area (Å²) in [4.78, 5) is 2.25. The molecule has 0 saturated heterocycles. The Bertz CT molecular complexity index is 409. The van der Waals surface area contributed by atoms with E-state index in [4.69, 9.17) is 10.00 Å². The van der Waals surface area contributed by atoms with E-state index in [1.54, 1.807) is 0 Å². The van der Waals surface area contributed by atoms with Crippen molar-refractivity contribution in [2.75, 3.05) is 24.6 Å². The SMILES string of the molecule is CCOc1cccc2c1N(CCC#N)CC2. The predicted octanol–water partition coefficient (Wildman–Crippen LogP) is 2.36. The summed E-state index contributed by atoms with van der Waals surface area (Å²) in [7, 11) is 0. The molecule has 3 heteroatoms. The summed E-state index contributed by atoms with van der Waals surface area (Å²) in [5, 5.41) is 8.64. The van der Waals surface area contributed by atoms with E-state index >= 15 is 0 Å². The number of rotatable bonds is 4. The van der Waals surface area contributed by atoms with Gasteiger partial charge in [0.1, 0.15) is 5.75 Å². The Balaban J connectivity index is 2.25. The van der Waals surface area contributed by atoms with Crippen molar-refractivity contribution in [1.29, 1.82) is 5.26 Å². The minimum Gasteiger partial charge on any atom is -0.492 e. The molecule has 0 amide bonds. The maximum atomic E-state index is 8.64. The minimum atomic E-state index is 0.569. The number of ether oxygens (including phenoxy) is 1. The Morgan fingerprint density at radius 1 is 1.50 bits per heavy atom. The predicted molar refractivity (Wildman–Crippen MR) is 63.8 cm³/mol. The van der Waals surface area contributed by atoms with E-state index < -0.39 is 0 Å². The minimum absolute atomic E-state index is 0.569. The summed E-state index contributed by atoms with van der Waals surface area (Å²) < 4.78 is 5.63. The van der Waals surface area contributed by atoms with Crippen LogP contribution in [-0.2, 0) is 6.42 Å². The third kappa shape index (κ3) is 1.96. The van der Waals surface area contributed by atoms with Crippen molar-refractivity contribution in [3.05, 3.63) is 23.8 Å². The first kappa shape index (κ1) is 10.8. The van der Waals surface area contributed by atoms with Crippen LogP contribution in [0.1, 0.15) is 18.9 Å². The molecule has 1 heterocycles. The molecule has 0 spiro atoms. The Morgan fingerprint density at radius 3 is 3.12 bits per heavy atom. The number of para-hydroxylation sites is 1. The summed E-state index contributed by atoms with van der Waals surface area (Å²) in [6, 6.07) is 8.38. The second kappa shape index (κ2) is 4.89. The molecule has 1 aromatic rings. The summed E-state index contributed by atoms with van der Waals surface area (Å²) in [5.41, 5.74) is 2.53. The van der Waals surface area contributed by atoms with Crippen molar-refractivity contribution >= 4 is 5.69 Å². The van der Waals surface area contributed by atoms with Gasteiger partial charge in [-0.3, -0.25) is 0 Å². The average Bonchev–Trinajstić information content (AvgIpc) is 2.71. The van der Waals surface area contributed by atoms with Gasteiger partial charge in [-0.2, -0.15) is 5.26 Å². The van der Waals surface area contributed by atoms with E-state index in [0.717, 1.165) is 25.3 Å². The van der Waals surface area contributed by atoms with Crippen molar-refractivity contribution < 1.29 is 4.74 Å². The van der Waals surface area contributed by atoms with E-state index in [1.165, 1.54) is 11.3 Å². The lowest BCUT2D eigenvalue weighted by atomic mass is 10.1. The van der Waals surface area contributed by atoms with Crippen LogP contribution in [0.25, 0.3) is 0 Å². The van der Waals surface area contributed by atoms with Crippen LogP contribution in [0.5, 0.6) is 5.75 Å². The Hall–Kier alpha value is -1.69. The highest BCUT2D eigenvalue weighted by atomic mass is 16.5. The lowest BCUT2D eigenvalue weighted by Crippen LogP contribution is -2.21. The fraction of sp³-hybridized carbons (Fsp3) is 0.462. The normalized spacial score (nSPS) is 13.4. The summed E-state index contributed by atoms with van der Waals surface area (Å²) in [6.07, 6.45) is 1.63. The highest BCUT2D eigenvalue weighted by Gasteiger charge is 2.22. The Morgan fingerprint density at radius 2 is 2.38 bits per heavy atom. The molecule has 16 heavy (non-hydrogen) atoms. The van der Waals surface area contributed by atoms with Gasteiger partial charge in [0.25, 0.3) is 0 Å². The van der Waals surface area contributed by atoms with Crippen molar-refractivity contribution in [2.45, 2.75) is 19.8 Å². The molecule has 0 radical (unpaired) electrons. The van der Waals surface area contributed by atoms with Crippen LogP contribution in [0.4, 0.5) is 5.69 Å². The average molecular weight is 216 g/mol. The van der Waals surface area contributed by atoms with Gasteiger partial charge in [0.05, 0.1) is 24.8 Å². The second-order valence-electron chi connectivity index (χ2n) is 3.84. The standard InChI is InChI=1S/C13H16N2O/c1-2-16-12-6-3-5-11-7-10-15(13(11)12)9-4-8-14/h3,5-6H,2,4,7,9-10H2,1H3. The van der Waals surface area contributed by atoms with Gasteiger partial charge in [0.15, 0.2) is 0 Å². The number of fused-ring (bicyclic) bond motifs is 1. The number of nitrogens with zero attached hydrogens (tertiary/aromatic N) is 2. The van der Waals surface area contributed by atoms with E-state index in [-0.39, 0.29) is 0 Å². The van der Waals surface area contributed by atoms with E-state index in [1.807, 2.05) is 19.1 Å². The number of benzene rings is 1. The number of hydrogen-bond acceptors (Lipinski definition) is 3. The quantitative estimate of drug-likeness (QED) is 0.775. The Kier molecular flexibility index (Phi) is 3.31. The molecule has 2 rings (SSSR count). The fourth-order valence-electron chi connectivity index (χ4n) is 2.18. The first-order valence-electron chi connectivity index (χ1n) is 5.73. The molecule has 0 aromatic heterocycles. The van der Waals surface area contributed by atoms with Crippen molar-refractivity contribution in [2.24, 2.45) is 0 Å². The molecule has 0 bridgehead atoms. The zero-order valence-electron chi connectivity index (χ0n) is 9.57. The molecular formula is C13H16N2O. The third-order valence-electron chi connectivity index (χ3n) is 2.84. The van der Waals surface area contributed by atoms with Crippen LogP contribution in [0.2, 0.25) is 0 Å². The first-order valence-corrected chi connectivity index (χ1v) is 5.73. The fourth-order valence-corrected chi connectivity index (χ4v) is 2.18. The zero-order valence-corrected chi connectivity index (χ0v) is 9.57. The van der Waals surface area contributed by atoms with Crippen molar-refractivity contribution in [3.63, 3.8) is 0 Å². The largest absolute Gasteiger partial charge is 0.492 e. The van der Waals surface area contributed by atoms with E-state index in [2.05, 4.69) is 17.0 Å². The van der Waals surface area contributed by atoms with Gasteiger partial charge < -0.3 is 9.64 Å². The molecule has 1 aliphatic heterocycles. The molecule has 1 aliphatic rings. The van der Waals surface area contributed by atoms with E-state index in [9.17, 15) is 0 Å². The van der Waals surface area contributed by atoms with Crippen LogP contribution in [-0.4, -0.2) is 19.7 Å². The monoisotopic (exact) mass is 216 g/mol. The highest BCUT2D eigenvalue weighted by molar-refractivity contribution is 5.67. The Labute approximate surface area is 96.2 Å². The first-order chi connectivity index (χ1) is 7.86. The lowest BCUT2D eigenvalue weighted by Gasteiger charge is -2.20.